The van der Waals surface area contributed by atoms with E-state index in [0.29, 0.717) is 30.2 Å². The monoisotopic (exact) mass is 477 g/mol. The van der Waals surface area contributed by atoms with E-state index in [1.165, 1.54) is 11.8 Å². The van der Waals surface area contributed by atoms with Gasteiger partial charge < -0.3 is 15.2 Å². The van der Waals surface area contributed by atoms with Crippen molar-refractivity contribution in [3.63, 3.8) is 0 Å². The zero-order valence-corrected chi connectivity index (χ0v) is 20.7. The third kappa shape index (κ3) is 7.05. The predicted octanol–water partition coefficient (Wildman–Crippen LogP) is 4.48. The van der Waals surface area contributed by atoms with E-state index in [-0.39, 0.29) is 17.6 Å². The molecule has 0 bridgehead atoms. The number of amides is 2. The number of benzene rings is 2. The summed E-state index contributed by atoms with van der Waals surface area (Å²) < 4.78 is 1.96. The van der Waals surface area contributed by atoms with Gasteiger partial charge in [0.25, 0.3) is 5.91 Å². The number of hydrogen-bond donors (Lipinski definition) is 2. The summed E-state index contributed by atoms with van der Waals surface area (Å²) in [5, 5.41) is 15.2. The number of aromatic nitrogens is 3. The Morgan fingerprint density at radius 3 is 2.62 bits per heavy atom. The maximum Gasteiger partial charge on any atom is 0.251 e. The maximum atomic E-state index is 12.5. The lowest BCUT2D eigenvalue weighted by Crippen LogP contribution is -2.25. The molecule has 0 aliphatic heterocycles. The van der Waals surface area contributed by atoms with Gasteiger partial charge in [0.05, 0.1) is 5.75 Å². The number of anilines is 1. The number of thioether (sulfide) groups is 1. The molecule has 0 fully saturated rings. The molecule has 2 amide bonds. The van der Waals surface area contributed by atoms with Gasteiger partial charge in [0.1, 0.15) is 5.82 Å². The third-order valence-electron chi connectivity index (χ3n) is 5.24. The van der Waals surface area contributed by atoms with Gasteiger partial charge in [0, 0.05) is 30.8 Å². The average molecular weight is 478 g/mol. The molecule has 0 saturated carbocycles. The molecule has 3 aromatic rings. The fourth-order valence-electron chi connectivity index (χ4n) is 3.53. The summed E-state index contributed by atoms with van der Waals surface area (Å²) in [5.41, 5.74) is 4.72. The lowest BCUT2D eigenvalue weighted by atomic mass is 10.1. The molecular formula is C26H31N5O2S. The molecule has 8 heteroatoms. The maximum absolute atomic E-state index is 12.5. The first-order chi connectivity index (χ1) is 16.4. The van der Waals surface area contributed by atoms with Crippen molar-refractivity contribution in [3.05, 3.63) is 83.2 Å². The Hall–Kier alpha value is -3.39. The van der Waals surface area contributed by atoms with Gasteiger partial charge in [0.2, 0.25) is 5.91 Å². The highest BCUT2D eigenvalue weighted by Crippen LogP contribution is 2.20. The van der Waals surface area contributed by atoms with E-state index in [1.807, 2.05) is 67.8 Å². The number of allylic oxidation sites excluding steroid dienone is 1. The number of nitrogens with one attached hydrogen (secondary N) is 2. The fourth-order valence-corrected chi connectivity index (χ4v) is 4.30. The minimum Gasteiger partial charge on any atom is -0.352 e. The number of hydrogen-bond acceptors (Lipinski definition) is 5. The van der Waals surface area contributed by atoms with Crippen molar-refractivity contribution in [1.29, 1.82) is 0 Å². The van der Waals surface area contributed by atoms with Crippen LogP contribution in [0, 0.1) is 20.8 Å². The fraction of sp³-hybridized carbons (Fsp3) is 0.308. The SMILES string of the molecule is C=CCn1c(CCCNC(=O)c2cccc(C)c2)nnc1SCC(=O)Nc1ccc(C)cc1C. The largest absolute Gasteiger partial charge is 0.352 e. The first-order valence-corrected chi connectivity index (χ1v) is 12.2. The molecule has 7 nitrogen and oxygen atoms in total. The van der Waals surface area contributed by atoms with Crippen molar-refractivity contribution in [2.45, 2.75) is 45.3 Å². The molecule has 178 valence electrons. The third-order valence-corrected chi connectivity index (χ3v) is 6.20. The summed E-state index contributed by atoms with van der Waals surface area (Å²) in [4.78, 5) is 24.8. The van der Waals surface area contributed by atoms with Crippen LogP contribution in [0.5, 0.6) is 0 Å². The van der Waals surface area contributed by atoms with Crippen LogP contribution in [-0.4, -0.2) is 38.9 Å². The van der Waals surface area contributed by atoms with E-state index >= 15 is 0 Å². The molecule has 3 rings (SSSR count). The molecule has 0 unspecified atom stereocenters. The molecule has 0 spiro atoms. The lowest BCUT2D eigenvalue weighted by molar-refractivity contribution is -0.113. The molecule has 2 N–H and O–H groups in total. The summed E-state index contributed by atoms with van der Waals surface area (Å²) in [6.45, 7) is 10.9. The van der Waals surface area contributed by atoms with Crippen molar-refractivity contribution in [2.75, 3.05) is 17.6 Å². The van der Waals surface area contributed by atoms with Crippen molar-refractivity contribution in [1.82, 2.24) is 20.1 Å². The number of aryl methyl sites for hydroxylation is 4. The van der Waals surface area contributed by atoms with E-state index in [1.54, 1.807) is 6.08 Å². The van der Waals surface area contributed by atoms with Crippen molar-refractivity contribution in [2.24, 2.45) is 0 Å². The van der Waals surface area contributed by atoms with Crippen LogP contribution in [0.25, 0.3) is 0 Å². The first-order valence-electron chi connectivity index (χ1n) is 11.2. The highest BCUT2D eigenvalue weighted by Gasteiger charge is 2.14. The van der Waals surface area contributed by atoms with E-state index in [4.69, 9.17) is 0 Å². The second-order valence-corrected chi connectivity index (χ2v) is 9.12. The molecule has 2 aromatic carbocycles. The van der Waals surface area contributed by atoms with Gasteiger partial charge >= 0.3 is 0 Å². The molecular weight excluding hydrogens is 446 g/mol. The minimum absolute atomic E-state index is 0.0812. The number of rotatable bonds is 11. The smallest absolute Gasteiger partial charge is 0.251 e. The Morgan fingerprint density at radius 1 is 1.09 bits per heavy atom. The highest BCUT2D eigenvalue weighted by molar-refractivity contribution is 7.99. The standard InChI is InChI=1S/C26H31N5O2S/c1-5-14-31-23(10-7-13-27-25(33)21-9-6-8-18(2)16-21)29-30-26(31)34-17-24(32)28-22-12-11-19(3)15-20(22)4/h5-6,8-9,11-12,15-16H,1,7,10,13-14,17H2,2-4H3,(H,27,33)(H,28,32). The number of carbonyl (C=O) groups excluding carboxylic acids is 2. The summed E-state index contributed by atoms with van der Waals surface area (Å²) in [7, 11) is 0. The van der Waals surface area contributed by atoms with Gasteiger partial charge in [-0.3, -0.25) is 9.59 Å². The predicted molar refractivity (Wildman–Crippen MR) is 137 cm³/mol. The van der Waals surface area contributed by atoms with Crippen molar-refractivity contribution >= 4 is 29.3 Å². The normalized spacial score (nSPS) is 10.7. The minimum atomic E-state index is -0.0921. The number of nitrogens with zero attached hydrogens (tertiary/aromatic N) is 3. The van der Waals surface area contributed by atoms with Crippen LogP contribution in [0.3, 0.4) is 0 Å². The number of carbonyl (C=O) groups is 2. The van der Waals surface area contributed by atoms with Gasteiger partial charge in [-0.15, -0.1) is 16.8 Å². The second kappa shape index (κ2) is 12.2. The van der Waals surface area contributed by atoms with Crippen LogP contribution in [0.1, 0.15) is 39.3 Å². The molecule has 0 aliphatic rings. The first kappa shape index (κ1) is 25.2. The summed E-state index contributed by atoms with van der Waals surface area (Å²) in [5.74, 6) is 0.865. The van der Waals surface area contributed by atoms with Crippen LogP contribution >= 0.6 is 11.8 Å². The van der Waals surface area contributed by atoms with Crippen molar-refractivity contribution < 1.29 is 9.59 Å². The van der Waals surface area contributed by atoms with Gasteiger partial charge in [0.15, 0.2) is 5.16 Å². The Bertz CT molecular complexity index is 1170. The van der Waals surface area contributed by atoms with Crippen molar-refractivity contribution in [3.8, 4) is 0 Å². The summed E-state index contributed by atoms with van der Waals surface area (Å²) in [6.07, 6.45) is 3.17. The Morgan fingerprint density at radius 2 is 1.88 bits per heavy atom. The molecule has 1 heterocycles. The molecule has 0 aliphatic carbocycles. The molecule has 0 atom stereocenters. The van der Waals surface area contributed by atoms with E-state index < -0.39 is 0 Å². The van der Waals surface area contributed by atoms with E-state index in [0.717, 1.165) is 34.6 Å². The highest BCUT2D eigenvalue weighted by atomic mass is 32.2. The second-order valence-electron chi connectivity index (χ2n) is 8.18. The Kier molecular flexibility index (Phi) is 9.04. The van der Waals surface area contributed by atoms with E-state index in [2.05, 4.69) is 27.4 Å². The molecule has 0 radical (unpaired) electrons. The Balaban J connectivity index is 1.51. The van der Waals surface area contributed by atoms with Gasteiger partial charge in [-0.05, 0) is 51.0 Å². The van der Waals surface area contributed by atoms with Crippen LogP contribution in [-0.2, 0) is 17.8 Å². The van der Waals surface area contributed by atoms with E-state index in [9.17, 15) is 9.59 Å². The quantitative estimate of drug-likeness (QED) is 0.241. The van der Waals surface area contributed by atoms with Crippen LogP contribution in [0.2, 0.25) is 0 Å². The van der Waals surface area contributed by atoms with Gasteiger partial charge in [-0.2, -0.15) is 0 Å². The lowest BCUT2D eigenvalue weighted by Gasteiger charge is -2.10. The Labute approximate surface area is 205 Å². The molecule has 0 saturated heterocycles. The zero-order chi connectivity index (χ0) is 24.5. The van der Waals surface area contributed by atoms with Crippen LogP contribution in [0.4, 0.5) is 5.69 Å². The van der Waals surface area contributed by atoms with Gasteiger partial charge in [-0.1, -0.05) is 53.2 Å². The van der Waals surface area contributed by atoms with Crippen LogP contribution in [0.15, 0.2) is 60.3 Å². The topological polar surface area (TPSA) is 88.9 Å². The summed E-state index contributed by atoms with van der Waals surface area (Å²) >= 11 is 1.35. The molecule has 34 heavy (non-hydrogen) atoms. The molecule has 1 aromatic heterocycles. The average Bonchev–Trinajstić information content (AvgIpc) is 3.18. The summed E-state index contributed by atoms with van der Waals surface area (Å²) in [6, 6.07) is 13.5. The van der Waals surface area contributed by atoms with Gasteiger partial charge in [-0.25, -0.2) is 0 Å². The zero-order valence-electron chi connectivity index (χ0n) is 19.9. The van der Waals surface area contributed by atoms with Crippen LogP contribution < -0.4 is 10.6 Å².